The fourth-order valence-electron chi connectivity index (χ4n) is 3.89. The number of hydrogen-bond acceptors (Lipinski definition) is 5. The Morgan fingerprint density at radius 2 is 1.70 bits per heavy atom. The first kappa shape index (κ1) is 20.5. The monoisotopic (exact) mass is 374 g/mol. The van der Waals surface area contributed by atoms with E-state index in [1.165, 1.54) is 19.4 Å². The molecule has 2 fully saturated rings. The highest BCUT2D eigenvalue weighted by Gasteiger charge is 2.28. The number of hydrogen-bond donors (Lipinski definition) is 0. The van der Waals surface area contributed by atoms with Crippen LogP contribution in [-0.2, 0) is 15.6 Å². The Bertz CT molecular complexity index is 594. The predicted molar refractivity (Wildman–Crippen MR) is 112 cm³/mol. The molecule has 5 heteroatoms. The van der Waals surface area contributed by atoms with Crippen LogP contribution in [0.2, 0.25) is 0 Å². The number of aromatic nitrogens is 2. The van der Waals surface area contributed by atoms with Gasteiger partial charge in [0, 0.05) is 49.6 Å². The van der Waals surface area contributed by atoms with Crippen LogP contribution in [0.3, 0.4) is 0 Å². The second-order valence-corrected chi connectivity index (χ2v) is 10.3. The van der Waals surface area contributed by atoms with Gasteiger partial charge in [-0.2, -0.15) is 0 Å². The van der Waals surface area contributed by atoms with Gasteiger partial charge in [0.1, 0.15) is 11.6 Å². The van der Waals surface area contributed by atoms with Gasteiger partial charge in [-0.05, 0) is 18.8 Å². The van der Waals surface area contributed by atoms with Crippen LogP contribution in [0.25, 0.3) is 0 Å². The van der Waals surface area contributed by atoms with Gasteiger partial charge >= 0.3 is 0 Å². The van der Waals surface area contributed by atoms with Crippen LogP contribution in [0.1, 0.15) is 65.9 Å². The van der Waals surface area contributed by atoms with Gasteiger partial charge in [-0.3, -0.25) is 4.90 Å². The number of morpholine rings is 1. The second kappa shape index (κ2) is 8.04. The minimum absolute atomic E-state index is 0.0285. The summed E-state index contributed by atoms with van der Waals surface area (Å²) in [5, 5.41) is 0. The molecule has 1 atom stereocenters. The molecule has 152 valence electrons. The molecule has 1 aromatic rings. The summed E-state index contributed by atoms with van der Waals surface area (Å²) in [4.78, 5) is 15.0. The molecule has 0 N–H and O–H groups in total. The summed E-state index contributed by atoms with van der Waals surface area (Å²) < 4.78 is 5.50. The van der Waals surface area contributed by atoms with E-state index in [0.29, 0.717) is 5.92 Å². The minimum atomic E-state index is -0.0427. The molecule has 5 nitrogen and oxygen atoms in total. The lowest BCUT2D eigenvalue weighted by atomic mass is 9.90. The number of nitrogens with zero attached hydrogens (tertiary/aromatic N) is 4. The van der Waals surface area contributed by atoms with Crippen LogP contribution < -0.4 is 4.90 Å². The van der Waals surface area contributed by atoms with Crippen LogP contribution in [0.4, 0.5) is 5.82 Å². The van der Waals surface area contributed by atoms with E-state index in [-0.39, 0.29) is 10.8 Å². The highest BCUT2D eigenvalue weighted by molar-refractivity contribution is 5.42. The summed E-state index contributed by atoms with van der Waals surface area (Å²) >= 11 is 0. The van der Waals surface area contributed by atoms with Crippen molar-refractivity contribution >= 4 is 5.82 Å². The fraction of sp³-hybridized carbons (Fsp3) is 0.818. The molecular formula is C22H38N4O. The zero-order valence-electron chi connectivity index (χ0n) is 18.2. The van der Waals surface area contributed by atoms with E-state index in [4.69, 9.17) is 14.7 Å². The Kier molecular flexibility index (Phi) is 6.11. The summed E-state index contributed by atoms with van der Waals surface area (Å²) in [6.45, 7) is 20.6. The van der Waals surface area contributed by atoms with Gasteiger partial charge < -0.3 is 9.64 Å². The van der Waals surface area contributed by atoms with Gasteiger partial charge in [-0.1, -0.05) is 41.5 Å². The second-order valence-electron chi connectivity index (χ2n) is 10.3. The first-order valence-corrected chi connectivity index (χ1v) is 10.6. The number of piperidine rings is 1. The van der Waals surface area contributed by atoms with Gasteiger partial charge in [0.05, 0.1) is 18.9 Å². The average molecular weight is 375 g/mol. The summed E-state index contributed by atoms with van der Waals surface area (Å²) in [5.41, 5.74) is 1.13. The van der Waals surface area contributed by atoms with Crippen LogP contribution in [0.5, 0.6) is 0 Å². The van der Waals surface area contributed by atoms with Gasteiger partial charge in [-0.25, -0.2) is 9.97 Å². The molecule has 0 saturated carbocycles. The zero-order chi connectivity index (χ0) is 19.7. The quantitative estimate of drug-likeness (QED) is 0.808. The molecule has 0 spiro atoms. The summed E-state index contributed by atoms with van der Waals surface area (Å²) in [5.74, 6) is 2.79. The molecule has 2 aliphatic rings. The Morgan fingerprint density at radius 1 is 1.00 bits per heavy atom. The SMILES string of the molecule is CC(C)(C)c1cc(N2CCCC(CN3CCOCC3)C2)nc(C(C)(C)C)n1. The van der Waals surface area contributed by atoms with E-state index in [2.05, 4.69) is 57.4 Å². The van der Waals surface area contributed by atoms with Crippen molar-refractivity contribution in [3.05, 3.63) is 17.6 Å². The summed E-state index contributed by atoms with van der Waals surface area (Å²) in [6, 6.07) is 2.23. The van der Waals surface area contributed by atoms with E-state index in [1.54, 1.807) is 0 Å². The van der Waals surface area contributed by atoms with E-state index >= 15 is 0 Å². The average Bonchev–Trinajstić information content (AvgIpc) is 2.61. The van der Waals surface area contributed by atoms with Crippen molar-refractivity contribution in [2.45, 2.75) is 65.2 Å². The topological polar surface area (TPSA) is 41.5 Å². The largest absolute Gasteiger partial charge is 0.379 e. The molecule has 1 unspecified atom stereocenters. The Balaban J connectivity index is 1.79. The third-order valence-corrected chi connectivity index (χ3v) is 5.61. The third kappa shape index (κ3) is 5.41. The molecule has 0 aliphatic carbocycles. The molecule has 1 aromatic heterocycles. The van der Waals surface area contributed by atoms with Gasteiger partial charge in [0.25, 0.3) is 0 Å². The van der Waals surface area contributed by atoms with Crippen molar-refractivity contribution in [1.29, 1.82) is 0 Å². The molecule has 27 heavy (non-hydrogen) atoms. The number of rotatable bonds is 3. The highest BCUT2D eigenvalue weighted by Crippen LogP contribution is 2.30. The lowest BCUT2D eigenvalue weighted by Crippen LogP contribution is -2.45. The van der Waals surface area contributed by atoms with Crippen molar-refractivity contribution in [2.24, 2.45) is 5.92 Å². The van der Waals surface area contributed by atoms with Gasteiger partial charge in [-0.15, -0.1) is 0 Å². The molecule has 0 aromatic carbocycles. The smallest absolute Gasteiger partial charge is 0.136 e. The number of anilines is 1. The van der Waals surface area contributed by atoms with Crippen LogP contribution in [0.15, 0.2) is 6.07 Å². The van der Waals surface area contributed by atoms with Crippen LogP contribution >= 0.6 is 0 Å². The van der Waals surface area contributed by atoms with Crippen molar-refractivity contribution < 1.29 is 4.74 Å². The van der Waals surface area contributed by atoms with Gasteiger partial charge in [0.2, 0.25) is 0 Å². The van der Waals surface area contributed by atoms with Crippen molar-refractivity contribution in [3.8, 4) is 0 Å². The maximum absolute atomic E-state index is 5.50. The van der Waals surface area contributed by atoms with Crippen molar-refractivity contribution in [3.63, 3.8) is 0 Å². The normalized spacial score (nSPS) is 22.9. The number of ether oxygens (including phenoxy) is 1. The molecule has 2 aliphatic heterocycles. The first-order chi connectivity index (χ1) is 12.6. The lowest BCUT2D eigenvalue weighted by molar-refractivity contribution is 0.0296. The zero-order valence-corrected chi connectivity index (χ0v) is 18.2. The maximum Gasteiger partial charge on any atom is 0.136 e. The molecule has 3 rings (SSSR count). The molecule has 0 amide bonds. The van der Waals surface area contributed by atoms with Crippen LogP contribution in [-0.4, -0.2) is 60.8 Å². The Hall–Kier alpha value is -1.20. The molecule has 0 radical (unpaired) electrons. The van der Waals surface area contributed by atoms with E-state index in [1.807, 2.05) is 0 Å². The minimum Gasteiger partial charge on any atom is -0.379 e. The molecular weight excluding hydrogens is 336 g/mol. The lowest BCUT2D eigenvalue weighted by Gasteiger charge is -2.38. The van der Waals surface area contributed by atoms with Gasteiger partial charge in [0.15, 0.2) is 0 Å². The highest BCUT2D eigenvalue weighted by atomic mass is 16.5. The standard InChI is InChI=1S/C22H38N4O/c1-21(2,3)18-14-19(24-20(23-18)22(4,5)6)26-9-7-8-17(16-26)15-25-10-12-27-13-11-25/h14,17H,7-13,15-16H2,1-6H3. The van der Waals surface area contributed by atoms with Crippen molar-refractivity contribution in [1.82, 2.24) is 14.9 Å². The van der Waals surface area contributed by atoms with Crippen molar-refractivity contribution in [2.75, 3.05) is 50.8 Å². The fourth-order valence-corrected chi connectivity index (χ4v) is 3.89. The van der Waals surface area contributed by atoms with E-state index < -0.39 is 0 Å². The molecule has 3 heterocycles. The summed E-state index contributed by atoms with van der Waals surface area (Å²) in [7, 11) is 0. The Morgan fingerprint density at radius 3 is 2.33 bits per heavy atom. The Labute approximate surface area is 165 Å². The maximum atomic E-state index is 5.50. The van der Waals surface area contributed by atoms with E-state index in [9.17, 15) is 0 Å². The molecule has 2 saturated heterocycles. The predicted octanol–water partition coefficient (Wildman–Crippen LogP) is 3.62. The van der Waals surface area contributed by atoms with Crippen LogP contribution in [0, 0.1) is 5.92 Å². The summed E-state index contributed by atoms with van der Waals surface area (Å²) in [6.07, 6.45) is 2.56. The van der Waals surface area contributed by atoms with E-state index in [0.717, 1.165) is 56.7 Å². The molecule has 0 bridgehead atoms. The third-order valence-electron chi connectivity index (χ3n) is 5.61. The first-order valence-electron chi connectivity index (χ1n) is 10.6.